The van der Waals surface area contributed by atoms with E-state index in [4.69, 9.17) is 14.2 Å². The van der Waals surface area contributed by atoms with Crippen LogP contribution in [0, 0.1) is 0 Å². The molecule has 0 bridgehead atoms. The van der Waals surface area contributed by atoms with Gasteiger partial charge in [-0.05, 0) is 77.0 Å². The number of allylic oxidation sites excluding steroid dienone is 10. The normalized spacial score (nSPS) is 12.4. The van der Waals surface area contributed by atoms with E-state index in [0.717, 1.165) is 103 Å². The molecule has 0 N–H and O–H groups in total. The van der Waals surface area contributed by atoms with Crippen molar-refractivity contribution in [3.63, 3.8) is 0 Å². The van der Waals surface area contributed by atoms with Crippen LogP contribution in [0.4, 0.5) is 0 Å². The second kappa shape index (κ2) is 61.7. The summed E-state index contributed by atoms with van der Waals surface area (Å²) in [6.45, 7) is 6.48. The fourth-order valence-corrected chi connectivity index (χ4v) is 9.26. The van der Waals surface area contributed by atoms with Gasteiger partial charge in [0.05, 0.1) is 0 Å². The van der Waals surface area contributed by atoms with Gasteiger partial charge < -0.3 is 14.2 Å². The van der Waals surface area contributed by atoms with Crippen LogP contribution in [0.1, 0.15) is 329 Å². The summed E-state index contributed by atoms with van der Waals surface area (Å²) < 4.78 is 16.8. The fraction of sp³-hybridized carbons (Fsp3) is 0.806. The van der Waals surface area contributed by atoms with Crippen LogP contribution in [-0.2, 0) is 28.6 Å². The highest BCUT2D eigenvalue weighted by Crippen LogP contribution is 2.17. The third-order valence-corrected chi connectivity index (χ3v) is 14.0. The number of ether oxygens (including phenoxy) is 3. The molecule has 6 heteroatoms. The first-order chi connectivity index (χ1) is 36.0. The minimum atomic E-state index is -0.771. The maximum absolute atomic E-state index is 12.8. The SMILES string of the molecule is CC/C=C\C/C=C\C/C=C\C/C=C\CCCCCCCCCCCCCCCCCCCCCCCCC(=O)OCC(COC(=O)CCCCCCCCCCCC)OC(=O)CCCCCCC/C=C\CCC. The van der Waals surface area contributed by atoms with Crippen molar-refractivity contribution in [1.82, 2.24) is 0 Å². The molecule has 0 aromatic heterocycles. The Labute approximate surface area is 453 Å². The van der Waals surface area contributed by atoms with Crippen LogP contribution in [0.5, 0.6) is 0 Å². The third kappa shape index (κ3) is 59.9. The van der Waals surface area contributed by atoms with Gasteiger partial charge in [0.25, 0.3) is 0 Å². The average Bonchev–Trinajstić information content (AvgIpc) is 3.39. The number of rotatable bonds is 58. The summed E-state index contributed by atoms with van der Waals surface area (Å²) in [6.07, 6.45) is 78.4. The molecule has 0 saturated heterocycles. The van der Waals surface area contributed by atoms with Crippen LogP contribution in [0.2, 0.25) is 0 Å². The van der Waals surface area contributed by atoms with Crippen molar-refractivity contribution in [1.29, 1.82) is 0 Å². The van der Waals surface area contributed by atoms with E-state index < -0.39 is 6.10 Å². The van der Waals surface area contributed by atoms with Gasteiger partial charge in [0.15, 0.2) is 6.10 Å². The summed E-state index contributed by atoms with van der Waals surface area (Å²) in [5.74, 6) is -0.869. The lowest BCUT2D eigenvalue weighted by molar-refractivity contribution is -0.167. The molecule has 0 aliphatic heterocycles. The van der Waals surface area contributed by atoms with E-state index in [9.17, 15) is 14.4 Å². The summed E-state index contributed by atoms with van der Waals surface area (Å²) in [7, 11) is 0. The van der Waals surface area contributed by atoms with Crippen LogP contribution < -0.4 is 0 Å². The molecular formula is C67H120O6. The molecule has 0 saturated carbocycles. The molecule has 0 heterocycles. The molecule has 0 spiro atoms. The summed E-state index contributed by atoms with van der Waals surface area (Å²) in [6, 6.07) is 0. The number of carbonyl (C=O) groups excluding carboxylic acids is 3. The van der Waals surface area contributed by atoms with E-state index in [0.29, 0.717) is 19.3 Å². The maximum atomic E-state index is 12.8. The van der Waals surface area contributed by atoms with Gasteiger partial charge in [-0.25, -0.2) is 0 Å². The Bertz CT molecular complexity index is 1310. The molecular weight excluding hydrogens is 901 g/mol. The summed E-state index contributed by atoms with van der Waals surface area (Å²) >= 11 is 0. The zero-order valence-corrected chi connectivity index (χ0v) is 48.7. The van der Waals surface area contributed by atoms with Crippen molar-refractivity contribution in [2.24, 2.45) is 0 Å². The molecule has 0 rings (SSSR count). The van der Waals surface area contributed by atoms with Crippen molar-refractivity contribution in [3.8, 4) is 0 Å². The summed E-state index contributed by atoms with van der Waals surface area (Å²) in [4.78, 5) is 38.0. The van der Waals surface area contributed by atoms with Gasteiger partial charge in [0, 0.05) is 19.3 Å². The van der Waals surface area contributed by atoms with Crippen molar-refractivity contribution >= 4 is 17.9 Å². The van der Waals surface area contributed by atoms with Crippen molar-refractivity contribution in [2.45, 2.75) is 335 Å². The number of esters is 3. The quantitative estimate of drug-likeness (QED) is 0.0261. The summed E-state index contributed by atoms with van der Waals surface area (Å²) in [5, 5.41) is 0. The Balaban J connectivity index is 3.92. The van der Waals surface area contributed by atoms with Crippen LogP contribution in [-0.4, -0.2) is 37.2 Å². The fourth-order valence-electron chi connectivity index (χ4n) is 9.26. The first kappa shape index (κ1) is 70.1. The molecule has 1 atom stereocenters. The second-order valence-corrected chi connectivity index (χ2v) is 21.3. The Morgan fingerprint density at radius 3 is 0.904 bits per heavy atom. The average molecular weight is 1020 g/mol. The molecule has 0 radical (unpaired) electrons. The van der Waals surface area contributed by atoms with E-state index in [1.165, 1.54) is 186 Å². The summed E-state index contributed by atoms with van der Waals surface area (Å²) in [5.41, 5.74) is 0. The van der Waals surface area contributed by atoms with Gasteiger partial charge in [-0.1, -0.05) is 293 Å². The number of hydrogen-bond donors (Lipinski definition) is 0. The van der Waals surface area contributed by atoms with Crippen LogP contribution in [0.3, 0.4) is 0 Å². The molecule has 0 aromatic rings. The molecule has 424 valence electrons. The Kier molecular flexibility index (Phi) is 59.2. The predicted molar refractivity (Wildman–Crippen MR) is 316 cm³/mol. The van der Waals surface area contributed by atoms with Gasteiger partial charge >= 0.3 is 17.9 Å². The molecule has 0 amide bonds. The highest BCUT2D eigenvalue weighted by atomic mass is 16.6. The molecule has 0 aliphatic rings. The van der Waals surface area contributed by atoms with E-state index in [1.807, 2.05) is 0 Å². The molecule has 6 nitrogen and oxygen atoms in total. The van der Waals surface area contributed by atoms with E-state index in [-0.39, 0.29) is 31.1 Å². The minimum absolute atomic E-state index is 0.0719. The van der Waals surface area contributed by atoms with Gasteiger partial charge in [-0.15, -0.1) is 0 Å². The number of unbranched alkanes of at least 4 members (excludes halogenated alkanes) is 37. The Hall–Kier alpha value is -2.89. The molecule has 0 aromatic carbocycles. The lowest BCUT2D eigenvalue weighted by Gasteiger charge is -2.18. The van der Waals surface area contributed by atoms with Gasteiger partial charge in [-0.3, -0.25) is 14.4 Å². The predicted octanol–water partition coefficient (Wildman–Crippen LogP) is 21.6. The molecule has 73 heavy (non-hydrogen) atoms. The topological polar surface area (TPSA) is 78.9 Å². The highest BCUT2D eigenvalue weighted by Gasteiger charge is 2.19. The highest BCUT2D eigenvalue weighted by molar-refractivity contribution is 5.71. The molecule has 1 unspecified atom stereocenters. The standard InChI is InChI=1S/C67H120O6/c1-4-7-10-13-16-19-22-23-24-25-26-27-28-29-30-31-32-33-34-35-36-37-38-39-40-41-42-43-44-45-46-49-51-54-57-60-66(69)72-63-64(73-67(70)61-58-55-52-48-21-18-15-12-9-6-3)62-71-65(68)59-56-53-50-47-20-17-14-11-8-5-2/h7,10,12,15-16,19,23-24,26-27,64H,4-6,8-9,11,13-14,17-18,20-22,25,28-63H2,1-3H3/b10-7-,15-12-,19-16-,24-23-,27-26-. The van der Waals surface area contributed by atoms with Gasteiger partial charge in [0.1, 0.15) is 13.2 Å². The lowest BCUT2D eigenvalue weighted by atomic mass is 10.0. The Morgan fingerprint density at radius 2 is 0.562 bits per heavy atom. The van der Waals surface area contributed by atoms with Crippen LogP contribution in [0.15, 0.2) is 60.8 Å². The number of carbonyl (C=O) groups is 3. The maximum Gasteiger partial charge on any atom is 0.306 e. The smallest absolute Gasteiger partial charge is 0.306 e. The first-order valence-electron chi connectivity index (χ1n) is 31.8. The third-order valence-electron chi connectivity index (χ3n) is 14.0. The van der Waals surface area contributed by atoms with E-state index in [2.05, 4.69) is 81.5 Å². The van der Waals surface area contributed by atoms with Crippen molar-refractivity contribution in [2.75, 3.05) is 13.2 Å². The van der Waals surface area contributed by atoms with E-state index in [1.54, 1.807) is 0 Å². The van der Waals surface area contributed by atoms with E-state index >= 15 is 0 Å². The largest absolute Gasteiger partial charge is 0.462 e. The molecule has 0 aliphatic carbocycles. The minimum Gasteiger partial charge on any atom is -0.462 e. The van der Waals surface area contributed by atoms with Gasteiger partial charge in [0.2, 0.25) is 0 Å². The van der Waals surface area contributed by atoms with Crippen LogP contribution in [0.25, 0.3) is 0 Å². The van der Waals surface area contributed by atoms with Gasteiger partial charge in [-0.2, -0.15) is 0 Å². The lowest BCUT2D eigenvalue weighted by Crippen LogP contribution is -2.30. The molecule has 0 fully saturated rings. The number of hydrogen-bond acceptors (Lipinski definition) is 6. The first-order valence-corrected chi connectivity index (χ1v) is 31.8. The second-order valence-electron chi connectivity index (χ2n) is 21.3. The monoisotopic (exact) mass is 1020 g/mol. The van der Waals surface area contributed by atoms with Crippen molar-refractivity contribution < 1.29 is 28.6 Å². The Morgan fingerprint density at radius 1 is 0.288 bits per heavy atom. The van der Waals surface area contributed by atoms with Crippen LogP contribution >= 0.6 is 0 Å². The zero-order chi connectivity index (χ0) is 52.9. The van der Waals surface area contributed by atoms with Crippen molar-refractivity contribution in [3.05, 3.63) is 60.8 Å². The zero-order valence-electron chi connectivity index (χ0n) is 48.7.